The number of hydrogen-bond acceptors (Lipinski definition) is 2. The molecule has 3 heteroatoms. The molecule has 17 heavy (non-hydrogen) atoms. The molecule has 0 radical (unpaired) electrons. The Hall–Kier alpha value is -1.35. The average Bonchev–Trinajstić information content (AvgIpc) is 2.25. The molecule has 0 spiro atoms. The van der Waals surface area contributed by atoms with Gasteiger partial charge in [0.2, 0.25) is 5.91 Å². The largest absolute Gasteiger partial charge is 0.355 e. The highest BCUT2D eigenvalue weighted by Gasteiger charge is 2.06. The fraction of sp³-hybridized carbons (Fsp3) is 0.500. The Kier molecular flexibility index (Phi) is 5.16. The van der Waals surface area contributed by atoms with Crippen LogP contribution in [0.4, 0.5) is 0 Å². The minimum atomic E-state index is 0.0131. The van der Waals surface area contributed by atoms with Crippen LogP contribution >= 0.6 is 0 Å². The van der Waals surface area contributed by atoms with Gasteiger partial charge in [-0.25, -0.2) is 0 Å². The Morgan fingerprint density at radius 3 is 2.47 bits per heavy atom. The van der Waals surface area contributed by atoms with Crippen molar-refractivity contribution in [3.63, 3.8) is 0 Å². The van der Waals surface area contributed by atoms with E-state index in [1.165, 1.54) is 16.7 Å². The number of amides is 1. The molecule has 0 aliphatic carbocycles. The normalized spacial score (nSPS) is 12.2. The maximum atomic E-state index is 11.6. The SMILES string of the molecule is Cc1cccc(C)c1CCC(=O)NCC(C)N. The van der Waals surface area contributed by atoms with Gasteiger partial charge in [0.15, 0.2) is 0 Å². The van der Waals surface area contributed by atoms with Gasteiger partial charge in [-0.05, 0) is 43.9 Å². The minimum Gasteiger partial charge on any atom is -0.355 e. The highest BCUT2D eigenvalue weighted by Crippen LogP contribution is 2.14. The molecule has 1 atom stereocenters. The van der Waals surface area contributed by atoms with E-state index in [1.807, 2.05) is 13.0 Å². The van der Waals surface area contributed by atoms with E-state index in [0.29, 0.717) is 13.0 Å². The van der Waals surface area contributed by atoms with Gasteiger partial charge >= 0.3 is 0 Å². The number of hydrogen-bond donors (Lipinski definition) is 2. The highest BCUT2D eigenvalue weighted by atomic mass is 16.1. The molecule has 0 fully saturated rings. The number of benzene rings is 1. The number of carbonyl (C=O) groups is 1. The van der Waals surface area contributed by atoms with Crippen molar-refractivity contribution in [2.24, 2.45) is 5.73 Å². The van der Waals surface area contributed by atoms with Crippen LogP contribution in [-0.4, -0.2) is 18.5 Å². The Balaban J connectivity index is 2.47. The average molecular weight is 234 g/mol. The van der Waals surface area contributed by atoms with Gasteiger partial charge in [0.1, 0.15) is 0 Å². The van der Waals surface area contributed by atoms with E-state index in [4.69, 9.17) is 5.73 Å². The number of nitrogens with one attached hydrogen (secondary N) is 1. The Morgan fingerprint density at radius 2 is 1.94 bits per heavy atom. The van der Waals surface area contributed by atoms with Crippen molar-refractivity contribution in [2.45, 2.75) is 39.7 Å². The van der Waals surface area contributed by atoms with Crippen LogP contribution in [0.2, 0.25) is 0 Å². The molecule has 1 aromatic rings. The molecule has 0 aromatic heterocycles. The van der Waals surface area contributed by atoms with Crippen LogP contribution in [0.15, 0.2) is 18.2 Å². The zero-order valence-corrected chi connectivity index (χ0v) is 10.9. The summed E-state index contributed by atoms with van der Waals surface area (Å²) in [6.45, 7) is 6.60. The van der Waals surface area contributed by atoms with Crippen molar-refractivity contribution in [3.8, 4) is 0 Å². The van der Waals surface area contributed by atoms with Gasteiger partial charge < -0.3 is 11.1 Å². The molecule has 0 heterocycles. The summed E-state index contributed by atoms with van der Waals surface area (Å²) in [5, 5.41) is 2.83. The van der Waals surface area contributed by atoms with Gasteiger partial charge in [0, 0.05) is 19.0 Å². The monoisotopic (exact) mass is 234 g/mol. The molecule has 1 unspecified atom stereocenters. The first-order chi connectivity index (χ1) is 8.00. The summed E-state index contributed by atoms with van der Waals surface area (Å²) in [6.07, 6.45) is 1.32. The molecule has 0 saturated carbocycles. The number of aryl methyl sites for hydroxylation is 2. The first-order valence-electron chi connectivity index (χ1n) is 6.08. The molecular weight excluding hydrogens is 212 g/mol. The van der Waals surface area contributed by atoms with Crippen LogP contribution in [0, 0.1) is 13.8 Å². The molecule has 1 amide bonds. The molecule has 0 aliphatic rings. The molecule has 3 nitrogen and oxygen atoms in total. The van der Waals surface area contributed by atoms with E-state index in [9.17, 15) is 4.79 Å². The summed E-state index contributed by atoms with van der Waals surface area (Å²) in [7, 11) is 0. The minimum absolute atomic E-state index is 0.0131. The lowest BCUT2D eigenvalue weighted by molar-refractivity contribution is -0.121. The Morgan fingerprint density at radius 1 is 1.35 bits per heavy atom. The van der Waals surface area contributed by atoms with Crippen LogP contribution in [0.5, 0.6) is 0 Å². The van der Waals surface area contributed by atoms with Crippen molar-refractivity contribution < 1.29 is 4.79 Å². The first-order valence-corrected chi connectivity index (χ1v) is 6.08. The fourth-order valence-corrected chi connectivity index (χ4v) is 1.85. The summed E-state index contributed by atoms with van der Waals surface area (Å²) in [5.74, 6) is 0.0740. The van der Waals surface area contributed by atoms with Gasteiger partial charge in [0.05, 0.1) is 0 Å². The van der Waals surface area contributed by atoms with E-state index < -0.39 is 0 Å². The topological polar surface area (TPSA) is 55.1 Å². The fourth-order valence-electron chi connectivity index (χ4n) is 1.85. The third-order valence-corrected chi connectivity index (χ3v) is 2.87. The summed E-state index contributed by atoms with van der Waals surface area (Å²) < 4.78 is 0. The predicted molar refractivity (Wildman–Crippen MR) is 70.9 cm³/mol. The zero-order chi connectivity index (χ0) is 12.8. The van der Waals surface area contributed by atoms with Crippen LogP contribution in [-0.2, 0) is 11.2 Å². The summed E-state index contributed by atoms with van der Waals surface area (Å²) in [4.78, 5) is 11.6. The van der Waals surface area contributed by atoms with Gasteiger partial charge in [-0.1, -0.05) is 18.2 Å². The Labute approximate surface area is 103 Å². The van der Waals surface area contributed by atoms with E-state index in [2.05, 4.69) is 31.3 Å². The molecule has 1 rings (SSSR count). The van der Waals surface area contributed by atoms with Gasteiger partial charge in [-0.15, -0.1) is 0 Å². The van der Waals surface area contributed by atoms with E-state index in [0.717, 1.165) is 6.42 Å². The molecule has 3 N–H and O–H groups in total. The van der Waals surface area contributed by atoms with Crippen molar-refractivity contribution in [2.75, 3.05) is 6.54 Å². The van der Waals surface area contributed by atoms with Crippen molar-refractivity contribution in [1.82, 2.24) is 5.32 Å². The van der Waals surface area contributed by atoms with Crippen molar-refractivity contribution in [1.29, 1.82) is 0 Å². The molecule has 94 valence electrons. The maximum absolute atomic E-state index is 11.6. The number of nitrogens with two attached hydrogens (primary N) is 1. The highest BCUT2D eigenvalue weighted by molar-refractivity contribution is 5.76. The summed E-state index contributed by atoms with van der Waals surface area (Å²) in [5.41, 5.74) is 9.37. The van der Waals surface area contributed by atoms with Gasteiger partial charge in [-0.3, -0.25) is 4.79 Å². The Bertz CT molecular complexity index is 366. The van der Waals surface area contributed by atoms with E-state index in [-0.39, 0.29) is 11.9 Å². The quantitative estimate of drug-likeness (QED) is 0.814. The second kappa shape index (κ2) is 6.40. The number of carbonyl (C=O) groups excluding carboxylic acids is 1. The lowest BCUT2D eigenvalue weighted by Crippen LogP contribution is -2.35. The second-order valence-corrected chi connectivity index (χ2v) is 4.65. The van der Waals surface area contributed by atoms with E-state index >= 15 is 0 Å². The molecule has 0 saturated heterocycles. The molecule has 0 bridgehead atoms. The lowest BCUT2D eigenvalue weighted by Gasteiger charge is -2.10. The predicted octanol–water partition coefficient (Wildman–Crippen LogP) is 1.70. The standard InChI is InChI=1S/C14H22N2O/c1-10-5-4-6-11(2)13(10)7-8-14(17)16-9-12(3)15/h4-6,12H,7-9,15H2,1-3H3,(H,16,17). The third kappa shape index (κ3) is 4.57. The van der Waals surface area contributed by atoms with Crippen LogP contribution in [0.3, 0.4) is 0 Å². The van der Waals surface area contributed by atoms with Crippen LogP contribution < -0.4 is 11.1 Å². The summed E-state index contributed by atoms with van der Waals surface area (Å²) in [6, 6.07) is 6.23. The number of rotatable bonds is 5. The third-order valence-electron chi connectivity index (χ3n) is 2.87. The molecule has 1 aromatic carbocycles. The zero-order valence-electron chi connectivity index (χ0n) is 10.9. The summed E-state index contributed by atoms with van der Waals surface area (Å²) >= 11 is 0. The van der Waals surface area contributed by atoms with Gasteiger partial charge in [-0.2, -0.15) is 0 Å². The molecule has 0 aliphatic heterocycles. The molecular formula is C14H22N2O. The van der Waals surface area contributed by atoms with Crippen molar-refractivity contribution >= 4 is 5.91 Å². The van der Waals surface area contributed by atoms with Crippen molar-refractivity contribution in [3.05, 3.63) is 34.9 Å². The first kappa shape index (κ1) is 13.7. The maximum Gasteiger partial charge on any atom is 0.220 e. The van der Waals surface area contributed by atoms with Crippen LogP contribution in [0.1, 0.15) is 30.0 Å². The lowest BCUT2D eigenvalue weighted by atomic mass is 9.98. The second-order valence-electron chi connectivity index (χ2n) is 4.65. The van der Waals surface area contributed by atoms with Crippen LogP contribution in [0.25, 0.3) is 0 Å². The smallest absolute Gasteiger partial charge is 0.220 e. The van der Waals surface area contributed by atoms with Gasteiger partial charge in [0.25, 0.3) is 0 Å². The van der Waals surface area contributed by atoms with E-state index in [1.54, 1.807) is 0 Å².